The van der Waals surface area contributed by atoms with Crippen LogP contribution in [0.5, 0.6) is 0 Å². The van der Waals surface area contributed by atoms with Gasteiger partial charge in [0.15, 0.2) is 5.65 Å². The summed E-state index contributed by atoms with van der Waals surface area (Å²) in [4.78, 5) is 33.2. The van der Waals surface area contributed by atoms with E-state index in [2.05, 4.69) is 20.4 Å². The molecule has 8 nitrogen and oxygen atoms in total. The summed E-state index contributed by atoms with van der Waals surface area (Å²) in [6, 6.07) is 0. The zero-order valence-electron chi connectivity index (χ0n) is 14.3. The normalized spacial score (nSPS) is 12.1. The molecule has 23 heavy (non-hydrogen) atoms. The maximum absolute atomic E-state index is 12.1. The standard InChI is InChI=1S/C15H24N6O2/c1-6-21(9-12(22)19-15(2,3)4)8-11-17-13-10(14(23)18-11)7-16-20(13)5/h7H,6,8-9H2,1-5H3,(H,19,22)(H,17,18,23). The molecule has 0 radical (unpaired) electrons. The lowest BCUT2D eigenvalue weighted by Gasteiger charge is -2.24. The van der Waals surface area contributed by atoms with E-state index in [4.69, 9.17) is 0 Å². The summed E-state index contributed by atoms with van der Waals surface area (Å²) in [5.41, 5.74) is 0.0590. The maximum Gasteiger partial charge on any atom is 0.262 e. The van der Waals surface area contributed by atoms with Crippen molar-refractivity contribution in [3.8, 4) is 0 Å². The predicted molar refractivity (Wildman–Crippen MR) is 88.0 cm³/mol. The van der Waals surface area contributed by atoms with Gasteiger partial charge in [0.05, 0.1) is 19.3 Å². The second-order valence-corrected chi connectivity index (χ2v) is 6.62. The Morgan fingerprint density at radius 1 is 1.43 bits per heavy atom. The molecule has 0 saturated carbocycles. The Morgan fingerprint density at radius 2 is 2.13 bits per heavy atom. The number of fused-ring (bicyclic) bond motifs is 1. The molecule has 2 heterocycles. The highest BCUT2D eigenvalue weighted by molar-refractivity contribution is 5.78. The Bertz CT molecular complexity index is 755. The number of amides is 1. The van der Waals surface area contributed by atoms with E-state index in [1.165, 1.54) is 6.20 Å². The highest BCUT2D eigenvalue weighted by Crippen LogP contribution is 2.06. The van der Waals surface area contributed by atoms with Crippen LogP contribution in [-0.4, -0.2) is 49.2 Å². The number of likely N-dealkylation sites (N-methyl/N-ethyl adjacent to an activating group) is 1. The lowest BCUT2D eigenvalue weighted by atomic mass is 10.1. The van der Waals surface area contributed by atoms with Crippen LogP contribution in [-0.2, 0) is 18.4 Å². The van der Waals surface area contributed by atoms with Crippen LogP contribution in [0.15, 0.2) is 11.0 Å². The number of H-pyrrole nitrogens is 1. The van der Waals surface area contributed by atoms with Crippen molar-refractivity contribution in [1.29, 1.82) is 0 Å². The van der Waals surface area contributed by atoms with Crippen LogP contribution < -0.4 is 10.9 Å². The van der Waals surface area contributed by atoms with Gasteiger partial charge in [0, 0.05) is 12.6 Å². The van der Waals surface area contributed by atoms with Gasteiger partial charge in [-0.15, -0.1) is 0 Å². The first-order valence-corrected chi connectivity index (χ1v) is 7.64. The van der Waals surface area contributed by atoms with Crippen molar-refractivity contribution in [2.75, 3.05) is 13.1 Å². The molecule has 0 aliphatic rings. The van der Waals surface area contributed by atoms with Crippen LogP contribution in [0, 0.1) is 0 Å². The fourth-order valence-electron chi connectivity index (χ4n) is 2.31. The second-order valence-electron chi connectivity index (χ2n) is 6.62. The number of nitrogens with zero attached hydrogens (tertiary/aromatic N) is 4. The average Bonchev–Trinajstić information content (AvgIpc) is 2.78. The van der Waals surface area contributed by atoms with Gasteiger partial charge in [0.25, 0.3) is 5.56 Å². The summed E-state index contributed by atoms with van der Waals surface area (Å²) < 4.78 is 1.57. The first-order valence-electron chi connectivity index (χ1n) is 7.64. The summed E-state index contributed by atoms with van der Waals surface area (Å²) in [5.74, 6) is 0.472. The Kier molecular flexibility index (Phi) is 4.84. The van der Waals surface area contributed by atoms with E-state index < -0.39 is 0 Å². The number of rotatable bonds is 5. The van der Waals surface area contributed by atoms with Gasteiger partial charge in [0.2, 0.25) is 5.91 Å². The van der Waals surface area contributed by atoms with Gasteiger partial charge in [-0.2, -0.15) is 5.10 Å². The molecule has 2 aromatic rings. The van der Waals surface area contributed by atoms with E-state index in [9.17, 15) is 9.59 Å². The van der Waals surface area contributed by atoms with Crippen LogP contribution in [0.25, 0.3) is 11.0 Å². The Hall–Kier alpha value is -2.22. The number of hydrogen-bond acceptors (Lipinski definition) is 5. The molecule has 0 aliphatic heterocycles. The zero-order valence-corrected chi connectivity index (χ0v) is 14.3. The van der Waals surface area contributed by atoms with E-state index >= 15 is 0 Å². The van der Waals surface area contributed by atoms with Crippen molar-refractivity contribution in [1.82, 2.24) is 30.0 Å². The summed E-state index contributed by atoms with van der Waals surface area (Å²) >= 11 is 0. The van der Waals surface area contributed by atoms with Crippen LogP contribution in [0.1, 0.15) is 33.5 Å². The smallest absolute Gasteiger partial charge is 0.262 e. The monoisotopic (exact) mass is 320 g/mol. The summed E-state index contributed by atoms with van der Waals surface area (Å²) in [7, 11) is 1.74. The van der Waals surface area contributed by atoms with E-state index in [0.717, 1.165) is 0 Å². The van der Waals surface area contributed by atoms with Crippen LogP contribution in [0.3, 0.4) is 0 Å². The van der Waals surface area contributed by atoms with Crippen molar-refractivity contribution >= 4 is 16.9 Å². The number of carbonyl (C=O) groups is 1. The van der Waals surface area contributed by atoms with Gasteiger partial charge in [0.1, 0.15) is 11.2 Å². The molecule has 8 heteroatoms. The van der Waals surface area contributed by atoms with E-state index in [1.54, 1.807) is 11.7 Å². The quantitative estimate of drug-likeness (QED) is 0.831. The summed E-state index contributed by atoms with van der Waals surface area (Å²) in [6.07, 6.45) is 1.50. The van der Waals surface area contributed by atoms with E-state index in [0.29, 0.717) is 29.9 Å². The fourth-order valence-corrected chi connectivity index (χ4v) is 2.31. The molecule has 0 fully saturated rings. The van der Waals surface area contributed by atoms with Gasteiger partial charge in [-0.3, -0.25) is 19.2 Å². The molecule has 0 spiro atoms. The predicted octanol–water partition coefficient (Wildman–Crippen LogP) is 0.393. The number of aromatic amines is 1. The van der Waals surface area contributed by atoms with Crippen molar-refractivity contribution in [3.05, 3.63) is 22.4 Å². The Balaban J connectivity index is 2.14. The number of nitrogens with one attached hydrogen (secondary N) is 2. The van der Waals surface area contributed by atoms with Crippen molar-refractivity contribution in [3.63, 3.8) is 0 Å². The summed E-state index contributed by atoms with van der Waals surface area (Å²) in [6.45, 7) is 9.10. The number of hydrogen-bond donors (Lipinski definition) is 2. The van der Waals surface area contributed by atoms with Gasteiger partial charge >= 0.3 is 0 Å². The third kappa shape index (κ3) is 4.38. The Morgan fingerprint density at radius 3 is 2.74 bits per heavy atom. The van der Waals surface area contributed by atoms with Crippen molar-refractivity contribution in [2.24, 2.45) is 7.05 Å². The van der Waals surface area contributed by atoms with Gasteiger partial charge in [-0.1, -0.05) is 6.92 Å². The maximum atomic E-state index is 12.1. The second kappa shape index (κ2) is 6.49. The average molecular weight is 320 g/mol. The lowest BCUT2D eigenvalue weighted by Crippen LogP contribution is -2.46. The minimum absolute atomic E-state index is 0.0525. The van der Waals surface area contributed by atoms with Gasteiger partial charge < -0.3 is 10.3 Å². The molecular formula is C15H24N6O2. The molecule has 0 saturated heterocycles. The van der Waals surface area contributed by atoms with Gasteiger partial charge in [-0.25, -0.2) is 4.98 Å². The highest BCUT2D eigenvalue weighted by atomic mass is 16.2. The molecule has 1 amide bonds. The third-order valence-corrected chi connectivity index (χ3v) is 3.35. The topological polar surface area (TPSA) is 95.9 Å². The molecule has 2 rings (SSSR count). The third-order valence-electron chi connectivity index (χ3n) is 3.35. The fraction of sp³-hybridized carbons (Fsp3) is 0.600. The number of carbonyl (C=O) groups excluding carboxylic acids is 1. The van der Waals surface area contributed by atoms with Gasteiger partial charge in [-0.05, 0) is 27.3 Å². The molecule has 2 N–H and O–H groups in total. The molecule has 0 aromatic carbocycles. The molecule has 0 unspecified atom stereocenters. The van der Waals surface area contributed by atoms with E-state index in [1.807, 2.05) is 32.6 Å². The minimum Gasteiger partial charge on any atom is -0.350 e. The van der Waals surface area contributed by atoms with E-state index in [-0.39, 0.29) is 23.6 Å². The lowest BCUT2D eigenvalue weighted by molar-refractivity contribution is -0.123. The molecule has 0 aliphatic carbocycles. The Labute approximate surface area is 134 Å². The molecule has 0 atom stereocenters. The van der Waals surface area contributed by atoms with Crippen molar-refractivity contribution in [2.45, 2.75) is 39.8 Å². The molecule has 126 valence electrons. The zero-order chi connectivity index (χ0) is 17.2. The SMILES string of the molecule is CCN(CC(=O)NC(C)(C)C)Cc1nc2c(cnn2C)c(=O)[nH]1. The number of aryl methyl sites for hydroxylation is 1. The minimum atomic E-state index is -0.267. The van der Waals surface area contributed by atoms with Crippen LogP contribution >= 0.6 is 0 Å². The largest absolute Gasteiger partial charge is 0.350 e. The van der Waals surface area contributed by atoms with Crippen LogP contribution in [0.4, 0.5) is 0 Å². The molecule has 0 bridgehead atoms. The van der Waals surface area contributed by atoms with Crippen LogP contribution in [0.2, 0.25) is 0 Å². The molecule has 2 aromatic heterocycles. The first-order chi connectivity index (χ1) is 10.7. The van der Waals surface area contributed by atoms with Crippen molar-refractivity contribution < 1.29 is 4.79 Å². The highest BCUT2D eigenvalue weighted by Gasteiger charge is 2.17. The summed E-state index contributed by atoms with van der Waals surface area (Å²) in [5, 5.41) is 7.43. The first kappa shape index (κ1) is 17.1. The molecular weight excluding hydrogens is 296 g/mol. The number of aromatic nitrogens is 4.